The largest absolute Gasteiger partial charge is 0.441 e. The Labute approximate surface area is 90.7 Å². The summed E-state index contributed by atoms with van der Waals surface area (Å²) in [6.45, 7) is 0. The second kappa shape index (κ2) is 2.64. The molecule has 0 aliphatic rings. The molecule has 3 nitrogen and oxygen atoms in total. The molecule has 0 amide bonds. The molecule has 76 valence electrons. The van der Waals surface area contributed by atoms with Crippen molar-refractivity contribution < 1.29 is 4.42 Å². The van der Waals surface area contributed by atoms with Crippen LogP contribution in [-0.2, 0) is 0 Å². The zero-order valence-corrected chi connectivity index (χ0v) is 8.40. The summed E-state index contributed by atoms with van der Waals surface area (Å²) < 4.78 is 5.42. The Hall–Kier alpha value is -2.29. The van der Waals surface area contributed by atoms with E-state index in [2.05, 4.69) is 28.2 Å². The van der Waals surface area contributed by atoms with Crippen molar-refractivity contribution in [1.29, 1.82) is 0 Å². The van der Waals surface area contributed by atoms with Gasteiger partial charge < -0.3 is 9.40 Å². The fraction of sp³-hybridized carbons (Fsp3) is 0. The fourth-order valence-corrected chi connectivity index (χ4v) is 2.24. The summed E-state index contributed by atoms with van der Waals surface area (Å²) in [5, 5.41) is 2.40. The number of hydrogen-bond donors (Lipinski definition) is 1. The first-order chi connectivity index (χ1) is 7.93. The number of hydrogen-bond acceptors (Lipinski definition) is 2. The first-order valence-corrected chi connectivity index (χ1v) is 5.16. The maximum atomic E-state index is 5.42. The van der Waals surface area contributed by atoms with Crippen LogP contribution in [0, 0.1) is 0 Å². The summed E-state index contributed by atoms with van der Waals surface area (Å²) in [5.74, 6) is 0. The molecule has 0 saturated carbocycles. The molecule has 1 N–H and O–H groups in total. The van der Waals surface area contributed by atoms with Crippen molar-refractivity contribution in [3.63, 3.8) is 0 Å². The molecule has 0 aliphatic carbocycles. The van der Waals surface area contributed by atoms with Crippen molar-refractivity contribution in [2.75, 3.05) is 0 Å². The zero-order valence-electron chi connectivity index (χ0n) is 8.40. The zero-order chi connectivity index (χ0) is 10.5. The standard InChI is InChI=1S/C13H8N2O/c1-2-4-10-8(3-1)9-5-6-11-13(12(9)15-10)16-7-14-11/h1-7,15H. The van der Waals surface area contributed by atoms with Gasteiger partial charge in [-0.25, -0.2) is 4.98 Å². The summed E-state index contributed by atoms with van der Waals surface area (Å²) in [5.41, 5.74) is 3.87. The molecular weight excluding hydrogens is 200 g/mol. The van der Waals surface area contributed by atoms with E-state index in [-0.39, 0.29) is 0 Å². The van der Waals surface area contributed by atoms with E-state index in [0.717, 1.165) is 22.1 Å². The molecule has 16 heavy (non-hydrogen) atoms. The highest BCUT2D eigenvalue weighted by Gasteiger charge is 2.09. The Kier molecular flexibility index (Phi) is 1.31. The minimum Gasteiger partial charge on any atom is -0.441 e. The molecule has 4 aromatic rings. The number of fused-ring (bicyclic) bond motifs is 5. The van der Waals surface area contributed by atoms with E-state index in [1.165, 1.54) is 17.2 Å². The third kappa shape index (κ3) is 0.852. The molecule has 0 fully saturated rings. The quantitative estimate of drug-likeness (QED) is 0.480. The van der Waals surface area contributed by atoms with Gasteiger partial charge in [0.1, 0.15) is 5.52 Å². The van der Waals surface area contributed by atoms with Gasteiger partial charge in [0.05, 0.1) is 5.52 Å². The normalized spacial score (nSPS) is 11.8. The fourth-order valence-electron chi connectivity index (χ4n) is 2.24. The monoisotopic (exact) mass is 208 g/mol. The summed E-state index contributed by atoms with van der Waals surface area (Å²) in [7, 11) is 0. The highest BCUT2D eigenvalue weighted by Crippen LogP contribution is 2.30. The van der Waals surface area contributed by atoms with Crippen LogP contribution in [0.25, 0.3) is 32.9 Å². The predicted molar refractivity (Wildman–Crippen MR) is 63.4 cm³/mol. The van der Waals surface area contributed by atoms with Crippen LogP contribution in [0.5, 0.6) is 0 Å². The molecule has 3 heteroatoms. The van der Waals surface area contributed by atoms with E-state index in [1.807, 2.05) is 18.2 Å². The van der Waals surface area contributed by atoms with Crippen molar-refractivity contribution in [3.8, 4) is 0 Å². The lowest BCUT2D eigenvalue weighted by Gasteiger charge is -1.90. The van der Waals surface area contributed by atoms with Crippen molar-refractivity contribution in [2.24, 2.45) is 0 Å². The number of H-pyrrole nitrogens is 1. The Morgan fingerprint density at radius 2 is 1.94 bits per heavy atom. The Balaban J connectivity index is 2.38. The number of rotatable bonds is 0. The van der Waals surface area contributed by atoms with Gasteiger partial charge in [-0.2, -0.15) is 0 Å². The van der Waals surface area contributed by atoms with Crippen LogP contribution in [0.15, 0.2) is 47.2 Å². The third-order valence-electron chi connectivity index (χ3n) is 2.98. The molecule has 0 aliphatic heterocycles. The molecule has 0 saturated heterocycles. The van der Waals surface area contributed by atoms with E-state index in [1.54, 1.807) is 0 Å². The van der Waals surface area contributed by atoms with Crippen LogP contribution in [0.2, 0.25) is 0 Å². The van der Waals surface area contributed by atoms with E-state index in [0.29, 0.717) is 0 Å². The highest BCUT2D eigenvalue weighted by atomic mass is 16.3. The lowest BCUT2D eigenvalue weighted by Crippen LogP contribution is -1.70. The molecule has 0 spiro atoms. The van der Waals surface area contributed by atoms with Gasteiger partial charge in [-0.1, -0.05) is 18.2 Å². The summed E-state index contributed by atoms with van der Waals surface area (Å²) in [4.78, 5) is 7.53. The average Bonchev–Trinajstić information content (AvgIpc) is 2.92. The van der Waals surface area contributed by atoms with Crippen molar-refractivity contribution in [1.82, 2.24) is 9.97 Å². The van der Waals surface area contributed by atoms with Crippen LogP contribution in [0.4, 0.5) is 0 Å². The van der Waals surface area contributed by atoms with Crippen LogP contribution in [0.1, 0.15) is 0 Å². The van der Waals surface area contributed by atoms with Crippen LogP contribution >= 0.6 is 0 Å². The maximum absolute atomic E-state index is 5.42. The average molecular weight is 208 g/mol. The number of benzene rings is 2. The lowest BCUT2D eigenvalue weighted by molar-refractivity contribution is 0.604. The van der Waals surface area contributed by atoms with E-state index in [9.17, 15) is 0 Å². The van der Waals surface area contributed by atoms with Crippen molar-refractivity contribution in [2.45, 2.75) is 0 Å². The van der Waals surface area contributed by atoms with Gasteiger partial charge in [0, 0.05) is 16.3 Å². The summed E-state index contributed by atoms with van der Waals surface area (Å²) >= 11 is 0. The lowest BCUT2D eigenvalue weighted by atomic mass is 10.1. The molecular formula is C13H8N2O. The van der Waals surface area contributed by atoms with Gasteiger partial charge in [-0.05, 0) is 18.2 Å². The van der Waals surface area contributed by atoms with E-state index >= 15 is 0 Å². The molecule has 0 radical (unpaired) electrons. The number of aromatic amines is 1. The molecule has 0 atom stereocenters. The highest BCUT2D eigenvalue weighted by molar-refractivity contribution is 6.14. The van der Waals surface area contributed by atoms with Crippen LogP contribution < -0.4 is 0 Å². The third-order valence-corrected chi connectivity index (χ3v) is 2.98. The number of nitrogens with zero attached hydrogens (tertiary/aromatic N) is 1. The second-order valence-electron chi connectivity index (χ2n) is 3.86. The molecule has 2 aromatic carbocycles. The number of oxazole rings is 1. The SMILES string of the molecule is c1ccc2c(c1)[nH]c1c2ccc2ncoc21. The van der Waals surface area contributed by atoms with Gasteiger partial charge in [0.2, 0.25) is 0 Å². The topological polar surface area (TPSA) is 41.8 Å². The van der Waals surface area contributed by atoms with Gasteiger partial charge >= 0.3 is 0 Å². The number of aromatic nitrogens is 2. The summed E-state index contributed by atoms with van der Waals surface area (Å²) in [6, 6.07) is 12.3. The van der Waals surface area contributed by atoms with Crippen molar-refractivity contribution in [3.05, 3.63) is 42.8 Å². The molecule has 2 aromatic heterocycles. The predicted octanol–water partition coefficient (Wildman–Crippen LogP) is 3.46. The molecule has 4 rings (SSSR count). The number of para-hydroxylation sites is 1. The minimum absolute atomic E-state index is 0.828. The van der Waals surface area contributed by atoms with Crippen LogP contribution in [-0.4, -0.2) is 9.97 Å². The van der Waals surface area contributed by atoms with Gasteiger partial charge in [-0.3, -0.25) is 0 Å². The first-order valence-electron chi connectivity index (χ1n) is 5.16. The Morgan fingerprint density at radius 1 is 1.00 bits per heavy atom. The Morgan fingerprint density at radius 3 is 2.94 bits per heavy atom. The number of nitrogens with one attached hydrogen (secondary N) is 1. The van der Waals surface area contributed by atoms with Gasteiger partial charge in [0.15, 0.2) is 12.0 Å². The van der Waals surface area contributed by atoms with Gasteiger partial charge in [0.25, 0.3) is 0 Å². The second-order valence-corrected chi connectivity index (χ2v) is 3.86. The Bertz CT molecular complexity index is 810. The molecule has 0 bridgehead atoms. The maximum Gasteiger partial charge on any atom is 0.182 e. The smallest absolute Gasteiger partial charge is 0.182 e. The van der Waals surface area contributed by atoms with E-state index in [4.69, 9.17) is 4.42 Å². The molecule has 0 unspecified atom stereocenters. The van der Waals surface area contributed by atoms with E-state index < -0.39 is 0 Å². The first kappa shape index (κ1) is 7.93. The van der Waals surface area contributed by atoms with Gasteiger partial charge in [-0.15, -0.1) is 0 Å². The minimum atomic E-state index is 0.828. The summed E-state index contributed by atoms with van der Waals surface area (Å²) in [6.07, 6.45) is 1.48. The van der Waals surface area contributed by atoms with Crippen LogP contribution in [0.3, 0.4) is 0 Å². The van der Waals surface area contributed by atoms with Crippen molar-refractivity contribution >= 4 is 32.9 Å². The molecule has 2 heterocycles.